The van der Waals surface area contributed by atoms with Crippen molar-refractivity contribution in [2.45, 2.75) is 24.4 Å². The van der Waals surface area contributed by atoms with Crippen LogP contribution in [0.2, 0.25) is 0 Å². The van der Waals surface area contributed by atoms with Crippen molar-refractivity contribution in [2.24, 2.45) is 5.14 Å². The number of aryl methyl sites for hydroxylation is 1. The highest BCUT2D eigenvalue weighted by Crippen LogP contribution is 2.15. The molecule has 3 rings (SSSR count). The molecule has 130 valence electrons. The molecule has 1 heterocycles. The molecule has 0 unspecified atom stereocenters. The van der Waals surface area contributed by atoms with Gasteiger partial charge < -0.3 is 9.88 Å². The van der Waals surface area contributed by atoms with Gasteiger partial charge in [-0.25, -0.2) is 13.6 Å². The molecule has 0 fully saturated rings. The van der Waals surface area contributed by atoms with Crippen LogP contribution in [0.5, 0.6) is 0 Å². The van der Waals surface area contributed by atoms with Gasteiger partial charge in [-0.2, -0.15) is 0 Å². The fraction of sp³-hybridized carbons (Fsp3) is 0.167. The van der Waals surface area contributed by atoms with Crippen molar-refractivity contribution >= 4 is 26.8 Å². The van der Waals surface area contributed by atoms with Crippen molar-refractivity contribution in [1.82, 2.24) is 9.88 Å². The first-order chi connectivity index (χ1) is 11.9. The van der Waals surface area contributed by atoms with E-state index in [1.807, 2.05) is 36.5 Å². The van der Waals surface area contributed by atoms with Crippen molar-refractivity contribution in [3.63, 3.8) is 0 Å². The number of hydrogen-bond acceptors (Lipinski definition) is 3. The van der Waals surface area contributed by atoms with Crippen molar-refractivity contribution in [2.75, 3.05) is 0 Å². The fourth-order valence-electron chi connectivity index (χ4n) is 2.64. The average Bonchev–Trinajstić information content (AvgIpc) is 3.01. The molecule has 0 saturated carbocycles. The predicted molar refractivity (Wildman–Crippen MR) is 96.2 cm³/mol. The number of amides is 1. The molecule has 0 saturated heterocycles. The molecule has 3 N–H and O–H groups in total. The molecule has 0 radical (unpaired) electrons. The van der Waals surface area contributed by atoms with Crippen LogP contribution in [-0.2, 0) is 27.9 Å². The molecule has 0 aliphatic heterocycles. The molecule has 6 nitrogen and oxygen atoms in total. The van der Waals surface area contributed by atoms with Gasteiger partial charge in [-0.15, -0.1) is 0 Å². The van der Waals surface area contributed by atoms with E-state index in [1.54, 1.807) is 12.1 Å². The first-order valence-electron chi connectivity index (χ1n) is 7.86. The minimum absolute atomic E-state index is 0.0575. The standard InChI is InChI=1S/C18H19N3O3S/c19-25(23,24)16-7-5-14(6-8-16)13-20-18(22)10-12-21-11-9-15-3-1-2-4-17(15)21/h1-9,11H,10,12-13H2,(H,20,22)(H2,19,23,24). The largest absolute Gasteiger partial charge is 0.352 e. The summed E-state index contributed by atoms with van der Waals surface area (Å²) in [5.74, 6) is -0.0618. The maximum atomic E-state index is 12.0. The molecule has 1 amide bonds. The molecule has 25 heavy (non-hydrogen) atoms. The number of nitrogens with one attached hydrogen (secondary N) is 1. The van der Waals surface area contributed by atoms with E-state index in [0.29, 0.717) is 19.5 Å². The van der Waals surface area contributed by atoms with Crippen LogP contribution in [0.3, 0.4) is 0 Å². The first kappa shape index (κ1) is 17.2. The van der Waals surface area contributed by atoms with Gasteiger partial charge in [0.15, 0.2) is 0 Å². The molecular weight excluding hydrogens is 338 g/mol. The third kappa shape index (κ3) is 4.26. The van der Waals surface area contributed by atoms with Gasteiger partial charge >= 0.3 is 0 Å². The minimum atomic E-state index is -3.69. The van der Waals surface area contributed by atoms with Crippen molar-refractivity contribution in [3.8, 4) is 0 Å². The zero-order valence-electron chi connectivity index (χ0n) is 13.6. The summed E-state index contributed by atoms with van der Waals surface area (Å²) in [5.41, 5.74) is 1.92. The Bertz CT molecular complexity index is 992. The topological polar surface area (TPSA) is 94.2 Å². The van der Waals surface area contributed by atoms with Gasteiger partial charge in [-0.1, -0.05) is 30.3 Å². The molecule has 2 aromatic carbocycles. The zero-order chi connectivity index (χ0) is 17.9. The summed E-state index contributed by atoms with van der Waals surface area (Å²) in [7, 11) is -3.69. The number of benzene rings is 2. The van der Waals surface area contributed by atoms with Gasteiger partial charge in [0, 0.05) is 31.2 Å². The molecule has 0 atom stereocenters. The van der Waals surface area contributed by atoms with E-state index < -0.39 is 10.0 Å². The van der Waals surface area contributed by atoms with Crippen LogP contribution in [0.1, 0.15) is 12.0 Å². The Morgan fingerprint density at radius 3 is 2.48 bits per heavy atom. The maximum Gasteiger partial charge on any atom is 0.238 e. The van der Waals surface area contributed by atoms with E-state index in [4.69, 9.17) is 5.14 Å². The number of nitrogens with zero attached hydrogens (tertiary/aromatic N) is 1. The van der Waals surface area contributed by atoms with Crippen LogP contribution in [0.25, 0.3) is 10.9 Å². The summed E-state index contributed by atoms with van der Waals surface area (Å²) in [4.78, 5) is 12.1. The van der Waals surface area contributed by atoms with Crippen LogP contribution < -0.4 is 10.5 Å². The molecule has 0 bridgehead atoms. The third-order valence-electron chi connectivity index (χ3n) is 4.00. The maximum absolute atomic E-state index is 12.0. The molecule has 0 aliphatic carbocycles. The average molecular weight is 357 g/mol. The van der Waals surface area contributed by atoms with Gasteiger partial charge in [-0.05, 0) is 35.2 Å². The second-order valence-corrected chi connectivity index (χ2v) is 7.35. The number of carbonyl (C=O) groups is 1. The number of para-hydroxylation sites is 1. The first-order valence-corrected chi connectivity index (χ1v) is 9.40. The van der Waals surface area contributed by atoms with E-state index in [-0.39, 0.29) is 10.8 Å². The zero-order valence-corrected chi connectivity index (χ0v) is 14.4. The lowest BCUT2D eigenvalue weighted by atomic mass is 10.2. The minimum Gasteiger partial charge on any atom is -0.352 e. The Balaban J connectivity index is 1.53. The van der Waals surface area contributed by atoms with Crippen molar-refractivity contribution in [3.05, 3.63) is 66.4 Å². The molecular formula is C18H19N3O3S. The monoisotopic (exact) mass is 357 g/mol. The lowest BCUT2D eigenvalue weighted by Crippen LogP contribution is -2.23. The predicted octanol–water partition coefficient (Wildman–Crippen LogP) is 2.00. The number of carbonyl (C=O) groups excluding carboxylic acids is 1. The second-order valence-electron chi connectivity index (χ2n) is 5.78. The number of aromatic nitrogens is 1. The Labute approximate surface area is 146 Å². The molecule has 0 aliphatic rings. The lowest BCUT2D eigenvalue weighted by molar-refractivity contribution is -0.121. The van der Waals surface area contributed by atoms with Crippen LogP contribution in [0.15, 0.2) is 65.7 Å². The molecule has 1 aromatic heterocycles. The van der Waals surface area contributed by atoms with Crippen LogP contribution >= 0.6 is 0 Å². The normalized spacial score (nSPS) is 11.6. The van der Waals surface area contributed by atoms with Crippen LogP contribution in [-0.4, -0.2) is 18.9 Å². The van der Waals surface area contributed by atoms with Gasteiger partial charge in [0.05, 0.1) is 4.90 Å². The summed E-state index contributed by atoms with van der Waals surface area (Å²) >= 11 is 0. The van der Waals surface area contributed by atoms with Gasteiger partial charge in [-0.3, -0.25) is 4.79 Å². The second kappa shape index (κ2) is 7.08. The Hall–Kier alpha value is -2.64. The highest BCUT2D eigenvalue weighted by Gasteiger charge is 2.08. The molecule has 0 spiro atoms. The van der Waals surface area contributed by atoms with E-state index in [1.165, 1.54) is 12.1 Å². The summed E-state index contributed by atoms with van der Waals surface area (Å²) < 4.78 is 24.5. The van der Waals surface area contributed by atoms with Gasteiger partial charge in [0.25, 0.3) is 0 Å². The van der Waals surface area contributed by atoms with Crippen molar-refractivity contribution in [1.29, 1.82) is 0 Å². The van der Waals surface area contributed by atoms with Crippen molar-refractivity contribution < 1.29 is 13.2 Å². The summed E-state index contributed by atoms with van der Waals surface area (Å²) in [6, 6.07) is 16.2. The number of sulfonamides is 1. The third-order valence-corrected chi connectivity index (χ3v) is 4.93. The molecule has 7 heteroatoms. The smallest absolute Gasteiger partial charge is 0.238 e. The number of hydrogen-bond donors (Lipinski definition) is 2. The molecule has 3 aromatic rings. The number of primary sulfonamides is 1. The summed E-state index contributed by atoms with van der Waals surface area (Å²) in [6.45, 7) is 0.944. The number of fused-ring (bicyclic) bond motifs is 1. The van der Waals surface area contributed by atoms with E-state index in [2.05, 4.69) is 9.88 Å². The lowest BCUT2D eigenvalue weighted by Gasteiger charge is -2.08. The van der Waals surface area contributed by atoms with Gasteiger partial charge in [0.2, 0.25) is 15.9 Å². The number of rotatable bonds is 6. The van der Waals surface area contributed by atoms with E-state index in [9.17, 15) is 13.2 Å². The Morgan fingerprint density at radius 1 is 1.04 bits per heavy atom. The highest BCUT2D eigenvalue weighted by atomic mass is 32.2. The van der Waals surface area contributed by atoms with E-state index >= 15 is 0 Å². The number of nitrogens with two attached hydrogens (primary N) is 1. The van der Waals surface area contributed by atoms with E-state index in [0.717, 1.165) is 16.5 Å². The Morgan fingerprint density at radius 2 is 1.76 bits per heavy atom. The highest BCUT2D eigenvalue weighted by molar-refractivity contribution is 7.89. The Kier molecular flexibility index (Phi) is 4.87. The quantitative estimate of drug-likeness (QED) is 0.706. The fourth-order valence-corrected chi connectivity index (χ4v) is 3.16. The van der Waals surface area contributed by atoms with Crippen LogP contribution in [0.4, 0.5) is 0 Å². The van der Waals surface area contributed by atoms with Crippen LogP contribution in [0, 0.1) is 0 Å². The SMILES string of the molecule is NS(=O)(=O)c1ccc(CNC(=O)CCn2ccc3ccccc32)cc1. The summed E-state index contributed by atoms with van der Waals surface area (Å²) in [5, 5.41) is 9.04. The summed E-state index contributed by atoms with van der Waals surface area (Å²) in [6.07, 6.45) is 2.35. The van der Waals surface area contributed by atoms with Gasteiger partial charge in [0.1, 0.15) is 0 Å².